The van der Waals surface area contributed by atoms with E-state index in [1.165, 1.54) is 6.07 Å². The molecule has 0 aliphatic carbocycles. The molecule has 1 amide bonds. The number of carbonyl (C=O) groups is 2. The fourth-order valence-corrected chi connectivity index (χ4v) is 2.95. The number of amides is 1. The molecule has 29 heavy (non-hydrogen) atoms. The van der Waals surface area contributed by atoms with E-state index in [0.717, 1.165) is 44.2 Å². The zero-order valence-electron chi connectivity index (χ0n) is 17.3. The number of likely N-dealkylation sites (N-methyl/N-ethyl adjacent to an activating group) is 1. The maximum atomic E-state index is 13.1. The van der Waals surface area contributed by atoms with E-state index < -0.39 is 17.6 Å². The first kappa shape index (κ1) is 25.0. The lowest BCUT2D eigenvalue weighted by atomic mass is 10.1. The van der Waals surface area contributed by atoms with Gasteiger partial charge in [-0.15, -0.1) is 0 Å². The van der Waals surface area contributed by atoms with Gasteiger partial charge in [0.25, 0.3) is 0 Å². The Kier molecular flexibility index (Phi) is 12.1. The van der Waals surface area contributed by atoms with Crippen LogP contribution >= 0.6 is 0 Å². The summed E-state index contributed by atoms with van der Waals surface area (Å²) in [6.45, 7) is 1.28. The topological polar surface area (TPSA) is 78.9 Å². The molecule has 0 saturated carbocycles. The summed E-state index contributed by atoms with van der Waals surface area (Å²) < 4.78 is 31.4. The van der Waals surface area contributed by atoms with E-state index >= 15 is 0 Å². The summed E-state index contributed by atoms with van der Waals surface area (Å²) in [5.74, 6) is -2.78. The molecule has 8 heteroatoms. The molecule has 0 aliphatic rings. The first-order chi connectivity index (χ1) is 13.8. The van der Waals surface area contributed by atoms with E-state index in [4.69, 9.17) is 9.84 Å². The molecule has 2 N–H and O–H groups in total. The fourth-order valence-electron chi connectivity index (χ4n) is 2.95. The number of nitrogens with zero attached hydrogens (tertiary/aromatic N) is 1. The smallest absolute Gasteiger partial charge is 0.305 e. The van der Waals surface area contributed by atoms with Crippen molar-refractivity contribution in [3.63, 3.8) is 0 Å². The predicted molar refractivity (Wildman–Crippen MR) is 106 cm³/mol. The minimum atomic E-state index is -0.927. The number of hydrogen-bond acceptors (Lipinski definition) is 4. The summed E-state index contributed by atoms with van der Waals surface area (Å²) >= 11 is 0. The summed E-state index contributed by atoms with van der Waals surface area (Å²) in [6, 6.07) is 3.35. The maximum Gasteiger partial charge on any atom is 0.305 e. The van der Waals surface area contributed by atoms with E-state index in [1.807, 2.05) is 19.0 Å². The molecule has 6 nitrogen and oxygen atoms in total. The van der Waals surface area contributed by atoms with Crippen molar-refractivity contribution in [1.82, 2.24) is 10.2 Å². The molecule has 0 aliphatic heterocycles. The number of benzene rings is 1. The third-order valence-electron chi connectivity index (χ3n) is 4.32. The van der Waals surface area contributed by atoms with Gasteiger partial charge in [0.15, 0.2) is 11.6 Å². The highest BCUT2D eigenvalue weighted by Gasteiger charge is 2.16. The van der Waals surface area contributed by atoms with Crippen molar-refractivity contribution in [3.05, 3.63) is 35.4 Å². The highest BCUT2D eigenvalue weighted by atomic mass is 19.2. The molecule has 0 unspecified atom stereocenters. The van der Waals surface area contributed by atoms with Crippen LogP contribution in [-0.4, -0.2) is 55.2 Å². The Morgan fingerprint density at radius 2 is 1.79 bits per heavy atom. The number of carboxylic acid groups (broad SMARTS) is 1. The second-order valence-corrected chi connectivity index (χ2v) is 7.44. The van der Waals surface area contributed by atoms with Gasteiger partial charge in [0.2, 0.25) is 5.91 Å². The minimum absolute atomic E-state index is 0.0888. The van der Waals surface area contributed by atoms with E-state index in [0.29, 0.717) is 25.1 Å². The molecule has 0 saturated heterocycles. The molecule has 0 radical (unpaired) electrons. The van der Waals surface area contributed by atoms with E-state index in [1.54, 1.807) is 0 Å². The van der Waals surface area contributed by atoms with Crippen molar-refractivity contribution >= 4 is 11.9 Å². The molecular formula is C21H32F2N2O4. The fraction of sp³-hybridized carbons (Fsp3) is 0.619. The number of ether oxygens (including phenoxy) is 1. The predicted octanol–water partition coefficient (Wildman–Crippen LogP) is 3.34. The van der Waals surface area contributed by atoms with Gasteiger partial charge in [-0.1, -0.05) is 25.3 Å². The monoisotopic (exact) mass is 414 g/mol. The zero-order chi connectivity index (χ0) is 21.6. The molecule has 1 aromatic rings. The molecular weight excluding hydrogens is 382 g/mol. The molecule has 0 aromatic heterocycles. The van der Waals surface area contributed by atoms with Crippen LogP contribution in [0.5, 0.6) is 0 Å². The average molecular weight is 414 g/mol. The first-order valence-electron chi connectivity index (χ1n) is 9.95. The van der Waals surface area contributed by atoms with Crippen molar-refractivity contribution in [3.8, 4) is 0 Å². The lowest BCUT2D eigenvalue weighted by molar-refractivity contribution is -0.137. The van der Waals surface area contributed by atoms with Crippen LogP contribution in [0.4, 0.5) is 8.78 Å². The van der Waals surface area contributed by atoms with Gasteiger partial charge in [-0.3, -0.25) is 9.59 Å². The van der Waals surface area contributed by atoms with Crippen LogP contribution in [0.1, 0.15) is 50.5 Å². The van der Waals surface area contributed by atoms with Crippen LogP contribution < -0.4 is 5.32 Å². The summed E-state index contributed by atoms with van der Waals surface area (Å²) in [4.78, 5) is 24.7. The Balaban J connectivity index is 2.05. The number of halogens is 2. The number of hydrogen-bond donors (Lipinski definition) is 2. The van der Waals surface area contributed by atoms with E-state index in [-0.39, 0.29) is 25.0 Å². The number of aliphatic carboxylic acids is 1. The summed E-state index contributed by atoms with van der Waals surface area (Å²) in [5, 5.41) is 11.7. The second-order valence-electron chi connectivity index (χ2n) is 7.44. The van der Waals surface area contributed by atoms with Gasteiger partial charge in [0.1, 0.15) is 0 Å². The second kappa shape index (κ2) is 14.0. The van der Waals surface area contributed by atoms with Gasteiger partial charge in [-0.25, -0.2) is 8.78 Å². The van der Waals surface area contributed by atoms with Crippen LogP contribution in [-0.2, 0) is 20.9 Å². The highest BCUT2D eigenvalue weighted by Crippen LogP contribution is 2.11. The highest BCUT2D eigenvalue weighted by molar-refractivity contribution is 5.77. The van der Waals surface area contributed by atoms with Crippen LogP contribution in [0.15, 0.2) is 18.2 Å². The van der Waals surface area contributed by atoms with E-state index in [2.05, 4.69) is 5.32 Å². The van der Waals surface area contributed by atoms with Gasteiger partial charge in [0, 0.05) is 19.6 Å². The van der Waals surface area contributed by atoms with Gasteiger partial charge in [-0.05, 0) is 44.6 Å². The van der Waals surface area contributed by atoms with Gasteiger partial charge in [0.05, 0.1) is 19.1 Å². The van der Waals surface area contributed by atoms with Gasteiger partial charge >= 0.3 is 5.97 Å². The Morgan fingerprint density at radius 3 is 2.45 bits per heavy atom. The normalized spacial score (nSPS) is 12.2. The number of nitrogens with one attached hydrogen (secondary N) is 1. The van der Waals surface area contributed by atoms with Crippen molar-refractivity contribution in [1.29, 1.82) is 0 Å². The average Bonchev–Trinajstić information content (AvgIpc) is 2.62. The molecule has 0 spiro atoms. The molecule has 0 heterocycles. The van der Waals surface area contributed by atoms with Crippen LogP contribution in [0.25, 0.3) is 0 Å². The molecule has 1 aromatic carbocycles. The molecule has 1 rings (SSSR count). The lowest BCUT2D eigenvalue weighted by Crippen LogP contribution is -2.42. The van der Waals surface area contributed by atoms with E-state index in [9.17, 15) is 18.4 Å². The molecule has 164 valence electrons. The van der Waals surface area contributed by atoms with Crippen molar-refractivity contribution in [2.75, 3.05) is 27.2 Å². The van der Waals surface area contributed by atoms with Crippen LogP contribution in [0.3, 0.4) is 0 Å². The van der Waals surface area contributed by atoms with Crippen LogP contribution in [0.2, 0.25) is 0 Å². The molecule has 1 atom stereocenters. The summed E-state index contributed by atoms with van der Waals surface area (Å²) in [5.41, 5.74) is 0.602. The first-order valence-corrected chi connectivity index (χ1v) is 9.95. The van der Waals surface area contributed by atoms with Crippen molar-refractivity contribution < 1.29 is 28.2 Å². The number of unbranched alkanes of at least 4 members (excludes halogenated alkanes) is 4. The SMILES string of the molecule is CN(C)C[C@@H](CC(=O)O)NC(=O)CCCCCCCOCc1ccc(F)c(F)c1. The largest absolute Gasteiger partial charge is 0.481 e. The number of carboxylic acids is 1. The zero-order valence-corrected chi connectivity index (χ0v) is 17.3. The Labute approximate surface area is 171 Å². The van der Waals surface area contributed by atoms with Gasteiger partial charge < -0.3 is 20.1 Å². The maximum absolute atomic E-state index is 13.1. The number of rotatable bonds is 15. The standard InChI is InChI=1S/C21H32F2N2O4/c1-25(2)14-17(13-21(27)28)24-20(26)8-6-4-3-5-7-11-29-15-16-9-10-18(22)19(23)12-16/h9-10,12,17H,3-8,11,13-15H2,1-2H3,(H,24,26)(H,27,28)/t17-/m1/s1. The minimum Gasteiger partial charge on any atom is -0.481 e. The Hall–Kier alpha value is -2.06. The summed E-state index contributed by atoms with van der Waals surface area (Å²) in [6.07, 6.45) is 4.75. The third-order valence-corrected chi connectivity index (χ3v) is 4.32. The number of carbonyl (C=O) groups excluding carboxylic acids is 1. The van der Waals surface area contributed by atoms with Crippen LogP contribution in [0, 0.1) is 11.6 Å². The van der Waals surface area contributed by atoms with Crippen molar-refractivity contribution in [2.45, 2.75) is 57.6 Å². The third kappa shape index (κ3) is 12.2. The molecule has 0 bridgehead atoms. The van der Waals surface area contributed by atoms with Gasteiger partial charge in [-0.2, -0.15) is 0 Å². The van der Waals surface area contributed by atoms with Crippen molar-refractivity contribution in [2.24, 2.45) is 0 Å². The summed E-state index contributed by atoms with van der Waals surface area (Å²) in [7, 11) is 3.67. The lowest BCUT2D eigenvalue weighted by Gasteiger charge is -2.20. The molecule has 0 fully saturated rings. The Bertz CT molecular complexity index is 641. The Morgan fingerprint density at radius 1 is 1.10 bits per heavy atom. The quantitative estimate of drug-likeness (QED) is 0.431.